The molecule has 52 heavy (non-hydrogen) atoms. The maximum absolute atomic E-state index is 14.2. The number of aromatic hydroxyl groups is 3. The Labute approximate surface area is 291 Å². The van der Waals surface area contributed by atoms with Crippen LogP contribution in [0.4, 0.5) is 4.79 Å². The number of hydrogen-bond acceptors (Lipinski definition) is 12. The number of alkyl carbamates (subject to hydrolysis) is 1. The Morgan fingerprint density at radius 1 is 0.904 bits per heavy atom. The van der Waals surface area contributed by atoms with Gasteiger partial charge < -0.3 is 34.9 Å². The number of carboxylic acid groups (broad SMARTS) is 1. The van der Waals surface area contributed by atoms with Gasteiger partial charge in [0.25, 0.3) is 5.56 Å². The number of methoxy groups -OCH3 is 1. The second kappa shape index (κ2) is 11.8. The molecule has 6 N–H and O–H groups in total. The normalized spacial score (nSPS) is 17.8. The number of aryl methyl sites for hydroxylation is 1. The fourth-order valence-electron chi connectivity index (χ4n) is 7.24. The second-order valence-electron chi connectivity index (χ2n) is 12.4. The fourth-order valence-corrected chi connectivity index (χ4v) is 7.24. The van der Waals surface area contributed by atoms with Gasteiger partial charge in [0, 0.05) is 22.9 Å². The van der Waals surface area contributed by atoms with Crippen LogP contribution in [0.3, 0.4) is 0 Å². The van der Waals surface area contributed by atoms with Crippen molar-refractivity contribution in [1.29, 1.82) is 0 Å². The number of pyridine rings is 1. The monoisotopic (exact) mass is 706 g/mol. The van der Waals surface area contributed by atoms with E-state index in [-0.39, 0.29) is 52.6 Å². The summed E-state index contributed by atoms with van der Waals surface area (Å²) in [7, 11) is 1.10. The Balaban J connectivity index is 1.30. The number of phenolic OH excluding ortho intramolecular Hbond substituents is 3. The van der Waals surface area contributed by atoms with Crippen molar-refractivity contribution in [3.63, 3.8) is 0 Å². The molecule has 1 atom stereocenters. The zero-order chi connectivity index (χ0) is 37.4. The van der Waals surface area contributed by atoms with Gasteiger partial charge in [0.2, 0.25) is 5.78 Å². The summed E-state index contributed by atoms with van der Waals surface area (Å²) in [6.45, 7) is 1.18. The lowest BCUT2D eigenvalue weighted by Crippen LogP contribution is -2.36. The van der Waals surface area contributed by atoms with Crippen molar-refractivity contribution < 1.29 is 58.7 Å². The predicted octanol–water partition coefficient (Wildman–Crippen LogP) is 3.56. The van der Waals surface area contributed by atoms with Gasteiger partial charge in [-0.1, -0.05) is 36.4 Å². The second-order valence-corrected chi connectivity index (χ2v) is 12.4. The number of hydrogen-bond donors (Lipinski definition) is 6. The molecule has 262 valence electrons. The van der Waals surface area contributed by atoms with Crippen LogP contribution < -0.4 is 10.9 Å². The number of benzene rings is 3. The van der Waals surface area contributed by atoms with Gasteiger partial charge in [-0.05, 0) is 42.3 Å². The number of rotatable bonds is 6. The number of aromatic nitrogens is 1. The first-order chi connectivity index (χ1) is 24.7. The topological polar surface area (TPSA) is 247 Å². The first-order valence-corrected chi connectivity index (χ1v) is 15.6. The molecule has 1 amide bonds. The van der Waals surface area contributed by atoms with Crippen molar-refractivity contribution in [3.8, 4) is 17.2 Å². The minimum absolute atomic E-state index is 0.00901. The van der Waals surface area contributed by atoms with Crippen LogP contribution in [-0.2, 0) is 32.7 Å². The average Bonchev–Trinajstić information content (AvgIpc) is 3.61. The van der Waals surface area contributed by atoms with Crippen molar-refractivity contribution >= 4 is 51.5 Å². The maximum Gasteiger partial charge on any atom is 0.412 e. The molecule has 0 saturated carbocycles. The summed E-state index contributed by atoms with van der Waals surface area (Å²) >= 11 is 0. The van der Waals surface area contributed by atoms with E-state index in [0.717, 1.165) is 13.2 Å². The third-order valence-corrected chi connectivity index (χ3v) is 9.67. The van der Waals surface area contributed by atoms with Crippen molar-refractivity contribution in [2.24, 2.45) is 0 Å². The number of amides is 1. The van der Waals surface area contributed by atoms with E-state index < -0.39 is 97.1 Å². The van der Waals surface area contributed by atoms with Crippen LogP contribution in [-0.4, -0.2) is 67.7 Å². The third-order valence-electron chi connectivity index (χ3n) is 9.67. The number of fused-ring (bicyclic) bond motifs is 5. The molecule has 0 aliphatic heterocycles. The molecule has 0 bridgehead atoms. The van der Waals surface area contributed by atoms with Crippen LogP contribution >= 0.6 is 0 Å². The third kappa shape index (κ3) is 4.62. The number of carboxylic acids is 1. The quantitative estimate of drug-likeness (QED) is 0.0955. The summed E-state index contributed by atoms with van der Waals surface area (Å²) in [5.74, 6) is -8.85. The molecule has 1 heterocycles. The number of H-pyrrole nitrogens is 1. The number of nitrogens with one attached hydrogen (secondary N) is 2. The SMILES string of the molecule is COC1=CC(=O)c2c(O)c3c(c(O)c2C1=O)C(=O)[C@]1(CCc2cc4cc(C(C)=C(NC(=O)OCc5ccccc5)C(=O)O)[nH]c(=O)c4c(O)c21)C3=O. The van der Waals surface area contributed by atoms with E-state index in [1.807, 2.05) is 0 Å². The highest BCUT2D eigenvalue weighted by atomic mass is 16.5. The van der Waals surface area contributed by atoms with Crippen LogP contribution in [0.5, 0.6) is 17.2 Å². The van der Waals surface area contributed by atoms with Gasteiger partial charge in [-0.25, -0.2) is 9.59 Å². The number of allylic oxidation sites excluding steroid dienone is 3. The number of aliphatic carboxylic acids is 1. The van der Waals surface area contributed by atoms with E-state index in [4.69, 9.17) is 9.47 Å². The van der Waals surface area contributed by atoms with Crippen LogP contribution in [0, 0.1) is 0 Å². The molecule has 1 aromatic heterocycles. The molecule has 7 rings (SSSR count). The number of carbonyl (C=O) groups is 6. The molecule has 4 aromatic rings. The molecule has 0 fully saturated rings. The molecular weight excluding hydrogens is 680 g/mol. The van der Waals surface area contributed by atoms with Gasteiger partial charge in [0.15, 0.2) is 23.1 Å². The Morgan fingerprint density at radius 2 is 1.56 bits per heavy atom. The molecule has 3 aliphatic carbocycles. The highest BCUT2D eigenvalue weighted by Crippen LogP contribution is 2.57. The summed E-state index contributed by atoms with van der Waals surface area (Å²) < 4.78 is 10.0. The van der Waals surface area contributed by atoms with Crippen LogP contribution in [0.25, 0.3) is 16.3 Å². The van der Waals surface area contributed by atoms with Crippen molar-refractivity contribution in [1.82, 2.24) is 10.3 Å². The molecule has 15 heteroatoms. The first-order valence-electron chi connectivity index (χ1n) is 15.6. The van der Waals surface area contributed by atoms with Gasteiger partial charge in [0.05, 0.1) is 34.7 Å². The molecule has 0 unspecified atom stereocenters. The Kier molecular flexibility index (Phi) is 7.59. The minimum atomic E-state index is -2.24. The Hall–Kier alpha value is -7.03. The summed E-state index contributed by atoms with van der Waals surface area (Å²) in [5, 5.41) is 45.8. The van der Waals surface area contributed by atoms with Gasteiger partial charge in [-0.2, -0.15) is 0 Å². The van der Waals surface area contributed by atoms with Gasteiger partial charge >= 0.3 is 12.1 Å². The van der Waals surface area contributed by atoms with Gasteiger partial charge in [-0.15, -0.1) is 0 Å². The largest absolute Gasteiger partial charge is 0.507 e. The maximum atomic E-state index is 14.2. The summed E-state index contributed by atoms with van der Waals surface area (Å²) in [6.07, 6.45) is -0.572. The number of phenols is 3. The van der Waals surface area contributed by atoms with Crippen molar-refractivity contribution in [3.05, 3.63) is 115 Å². The van der Waals surface area contributed by atoms with E-state index in [9.17, 15) is 54.0 Å². The lowest BCUT2D eigenvalue weighted by atomic mass is 9.76. The number of Topliss-reactive ketones (excluding diaryl/α,β-unsaturated/α-hetero) is 3. The minimum Gasteiger partial charge on any atom is -0.507 e. The van der Waals surface area contributed by atoms with Crippen molar-refractivity contribution in [2.75, 3.05) is 7.11 Å². The van der Waals surface area contributed by atoms with Crippen LogP contribution in [0.1, 0.15) is 77.2 Å². The summed E-state index contributed by atoms with van der Waals surface area (Å²) in [6, 6.07) is 11.4. The number of ether oxygens (including phenoxy) is 2. The lowest BCUT2D eigenvalue weighted by molar-refractivity contribution is -0.133. The van der Waals surface area contributed by atoms with E-state index in [1.165, 1.54) is 19.1 Å². The first kappa shape index (κ1) is 33.5. The smallest absolute Gasteiger partial charge is 0.412 e. The van der Waals surface area contributed by atoms with E-state index >= 15 is 0 Å². The van der Waals surface area contributed by atoms with Crippen molar-refractivity contribution in [2.45, 2.75) is 31.8 Å². The Bertz CT molecular complexity index is 2510. The molecule has 15 nitrogen and oxygen atoms in total. The number of ketones is 4. The zero-order valence-electron chi connectivity index (χ0n) is 27.2. The molecule has 0 radical (unpaired) electrons. The summed E-state index contributed by atoms with van der Waals surface area (Å²) in [5.41, 5.74) is -6.09. The van der Waals surface area contributed by atoms with Crippen LogP contribution in [0.15, 0.2) is 64.8 Å². The molecular formula is C37H26N2O13. The van der Waals surface area contributed by atoms with Gasteiger partial charge in [0.1, 0.15) is 35.0 Å². The average molecular weight is 707 g/mol. The van der Waals surface area contributed by atoms with E-state index in [1.54, 1.807) is 30.3 Å². The van der Waals surface area contributed by atoms with E-state index in [2.05, 4.69) is 10.3 Å². The number of carbonyl (C=O) groups excluding carboxylic acids is 5. The highest BCUT2D eigenvalue weighted by Gasteiger charge is 2.61. The van der Waals surface area contributed by atoms with Crippen LogP contribution in [0.2, 0.25) is 0 Å². The van der Waals surface area contributed by atoms with E-state index in [0.29, 0.717) is 5.56 Å². The standard InChI is InChI=1S/C37H26N2O13/c1-14(27(35(48)49)39-36(50)52-13-15-6-4-3-5-7-15)18-11-17-10-16-8-9-37(26(16)31(44)21(17)34(47)38-18)32(45)24-25(33(37)46)30(43)23-22(29(24)42)19(40)12-20(51-2)28(23)41/h3-7,10-12,42-44H,8-9,13H2,1-2H3,(H,38,47)(H,39,50)(H,48,49)/t37-/m0/s1. The molecule has 3 aliphatic rings. The fraction of sp³-hybridized carbons (Fsp3) is 0.162. The molecule has 1 spiro atoms. The molecule has 0 saturated heterocycles. The van der Waals surface area contributed by atoms with Gasteiger partial charge in [-0.3, -0.25) is 29.3 Å². The molecule has 3 aromatic carbocycles. The highest BCUT2D eigenvalue weighted by molar-refractivity contribution is 6.39. The number of aromatic amines is 1. The Morgan fingerprint density at radius 3 is 2.19 bits per heavy atom. The predicted molar refractivity (Wildman–Crippen MR) is 178 cm³/mol. The zero-order valence-corrected chi connectivity index (χ0v) is 27.2. The lowest BCUT2D eigenvalue weighted by Gasteiger charge is -2.22. The summed E-state index contributed by atoms with van der Waals surface area (Å²) in [4.78, 5) is 95.0.